The summed E-state index contributed by atoms with van der Waals surface area (Å²) in [6.07, 6.45) is 3.65. The molecule has 0 aliphatic carbocycles. The van der Waals surface area contributed by atoms with Crippen molar-refractivity contribution in [3.63, 3.8) is 0 Å². The summed E-state index contributed by atoms with van der Waals surface area (Å²) in [7, 11) is 0. The molecule has 1 atom stereocenters. The number of carbonyl (C=O) groups is 1. The molecule has 1 aromatic carbocycles. The molecule has 0 spiro atoms. The Kier molecular flexibility index (Phi) is 6.68. The van der Waals surface area contributed by atoms with Crippen LogP contribution in [0.4, 0.5) is 29.2 Å². The average molecular weight is 458 g/mol. The summed E-state index contributed by atoms with van der Waals surface area (Å²) < 4.78 is 56.9. The Morgan fingerprint density at radius 1 is 1.35 bits per heavy atom. The molecule has 1 saturated heterocycles. The van der Waals surface area contributed by atoms with Gasteiger partial charge >= 0.3 is 0 Å². The number of hydrogen-bond acceptors (Lipinski definition) is 7. The summed E-state index contributed by atoms with van der Waals surface area (Å²) in [6.45, 7) is -0.694. The Morgan fingerprint density at radius 3 is 2.74 bits per heavy atom. The van der Waals surface area contributed by atoms with Crippen LogP contribution in [0.1, 0.15) is 16.8 Å². The van der Waals surface area contributed by atoms with E-state index in [-0.39, 0.29) is 23.1 Å². The van der Waals surface area contributed by atoms with Gasteiger partial charge in [-0.1, -0.05) is 11.6 Å². The van der Waals surface area contributed by atoms with Gasteiger partial charge in [0.15, 0.2) is 11.6 Å². The van der Waals surface area contributed by atoms with Gasteiger partial charge in [0.1, 0.15) is 11.7 Å². The van der Waals surface area contributed by atoms with Crippen molar-refractivity contribution in [1.29, 1.82) is 5.41 Å². The van der Waals surface area contributed by atoms with Gasteiger partial charge < -0.3 is 15.6 Å². The fraction of sp³-hybridized carbons (Fsp3) is 0.278. The minimum absolute atomic E-state index is 0.0377. The van der Waals surface area contributed by atoms with Gasteiger partial charge in [-0.15, -0.1) is 0 Å². The highest BCUT2D eigenvalue weighted by atomic mass is 35.5. The van der Waals surface area contributed by atoms with Crippen molar-refractivity contribution >= 4 is 41.6 Å². The van der Waals surface area contributed by atoms with E-state index in [2.05, 4.69) is 25.8 Å². The third kappa shape index (κ3) is 4.90. The van der Waals surface area contributed by atoms with Crippen molar-refractivity contribution in [3.05, 3.63) is 46.7 Å². The molecular formula is C18H16ClF4N7O. The van der Waals surface area contributed by atoms with Crippen LogP contribution in [0, 0.1) is 17.0 Å². The van der Waals surface area contributed by atoms with Gasteiger partial charge in [-0.3, -0.25) is 10.2 Å². The van der Waals surface area contributed by atoms with Crippen molar-refractivity contribution in [2.75, 3.05) is 23.8 Å². The van der Waals surface area contributed by atoms with Gasteiger partial charge in [0.25, 0.3) is 11.8 Å². The van der Waals surface area contributed by atoms with Crippen LogP contribution in [0.5, 0.6) is 0 Å². The van der Waals surface area contributed by atoms with E-state index < -0.39 is 48.2 Å². The zero-order valence-electron chi connectivity index (χ0n) is 15.7. The van der Waals surface area contributed by atoms with E-state index in [0.717, 1.165) is 29.5 Å². The van der Waals surface area contributed by atoms with Gasteiger partial charge in [0, 0.05) is 25.7 Å². The number of benzene rings is 1. The zero-order valence-corrected chi connectivity index (χ0v) is 16.5. The van der Waals surface area contributed by atoms with E-state index in [1.165, 1.54) is 12.4 Å². The molecule has 1 unspecified atom stereocenters. The van der Waals surface area contributed by atoms with Crippen molar-refractivity contribution in [2.24, 2.45) is 5.10 Å². The van der Waals surface area contributed by atoms with Crippen LogP contribution in [0.15, 0.2) is 29.6 Å². The lowest BCUT2D eigenvalue weighted by atomic mass is 10.1. The summed E-state index contributed by atoms with van der Waals surface area (Å²) in [4.78, 5) is 21.6. The minimum Gasteiger partial charge on any atom is -0.352 e. The Hall–Kier alpha value is -3.28. The van der Waals surface area contributed by atoms with Crippen LogP contribution in [-0.2, 0) is 0 Å². The molecule has 164 valence electrons. The Labute approximate surface area is 178 Å². The van der Waals surface area contributed by atoms with Gasteiger partial charge in [0.2, 0.25) is 5.95 Å². The second-order valence-electron chi connectivity index (χ2n) is 6.47. The molecule has 3 N–H and O–H groups in total. The topological polar surface area (TPSA) is 106 Å². The van der Waals surface area contributed by atoms with Gasteiger partial charge in [0.05, 0.1) is 29.2 Å². The van der Waals surface area contributed by atoms with E-state index in [9.17, 15) is 22.4 Å². The van der Waals surface area contributed by atoms with Gasteiger partial charge in [-0.25, -0.2) is 27.5 Å². The minimum atomic E-state index is -3.24. The molecule has 2 aromatic rings. The Morgan fingerprint density at radius 2 is 2.06 bits per heavy atom. The fourth-order valence-electron chi connectivity index (χ4n) is 3.05. The van der Waals surface area contributed by atoms with E-state index in [1.807, 2.05) is 0 Å². The molecule has 1 aromatic heterocycles. The summed E-state index contributed by atoms with van der Waals surface area (Å²) in [6, 6.07) is 0.105. The highest BCUT2D eigenvalue weighted by Gasteiger charge is 2.51. The smallest absolute Gasteiger partial charge is 0.271 e. The van der Waals surface area contributed by atoms with Crippen LogP contribution < -0.4 is 10.7 Å². The maximum absolute atomic E-state index is 14.5. The number of amides is 1. The van der Waals surface area contributed by atoms with E-state index in [4.69, 9.17) is 17.0 Å². The molecule has 1 amide bonds. The fourth-order valence-corrected chi connectivity index (χ4v) is 3.14. The number of nitrogens with zero attached hydrogens (tertiary/aromatic N) is 4. The molecule has 0 radical (unpaired) electrons. The van der Waals surface area contributed by atoms with Crippen LogP contribution in [-0.4, -0.2) is 58.3 Å². The first-order valence-electron chi connectivity index (χ1n) is 8.91. The lowest BCUT2D eigenvalue weighted by Gasteiger charge is -2.28. The first-order chi connectivity index (χ1) is 14.7. The predicted octanol–water partition coefficient (Wildman–Crippen LogP) is 3.42. The van der Waals surface area contributed by atoms with Gasteiger partial charge in [-0.05, 0) is 12.1 Å². The molecule has 1 aliphatic heterocycles. The SMILES string of the molecule is N=C/C=N\Nc1c(C(=O)N2CCC(F)(F)C2CNc2ncc(Cl)cn2)ccc(F)c1F. The summed E-state index contributed by atoms with van der Waals surface area (Å²) in [5, 5.41) is 13.2. The number of halogens is 5. The number of hydrogen-bond donors (Lipinski definition) is 3. The van der Waals surface area contributed by atoms with Crippen molar-refractivity contribution in [1.82, 2.24) is 14.9 Å². The zero-order chi connectivity index (χ0) is 22.6. The molecule has 31 heavy (non-hydrogen) atoms. The number of anilines is 2. The second-order valence-corrected chi connectivity index (χ2v) is 6.91. The van der Waals surface area contributed by atoms with Crippen molar-refractivity contribution in [3.8, 4) is 0 Å². The normalized spacial score (nSPS) is 17.7. The summed E-state index contributed by atoms with van der Waals surface area (Å²) in [5.74, 6) is -6.79. The molecular weight excluding hydrogens is 442 g/mol. The van der Waals surface area contributed by atoms with Crippen LogP contribution in [0.25, 0.3) is 0 Å². The monoisotopic (exact) mass is 457 g/mol. The molecule has 0 saturated carbocycles. The van der Waals surface area contributed by atoms with E-state index in [1.54, 1.807) is 0 Å². The lowest BCUT2D eigenvalue weighted by molar-refractivity contribution is -0.0248. The third-order valence-corrected chi connectivity index (χ3v) is 4.73. The highest BCUT2D eigenvalue weighted by molar-refractivity contribution is 6.30. The molecule has 1 aliphatic rings. The molecule has 2 heterocycles. The molecule has 0 bridgehead atoms. The number of carbonyl (C=O) groups excluding carboxylic acids is 1. The number of rotatable bonds is 7. The predicted molar refractivity (Wildman–Crippen MR) is 107 cm³/mol. The summed E-state index contributed by atoms with van der Waals surface area (Å²) >= 11 is 5.69. The van der Waals surface area contributed by atoms with Crippen LogP contribution >= 0.6 is 11.6 Å². The largest absolute Gasteiger partial charge is 0.352 e. The van der Waals surface area contributed by atoms with E-state index >= 15 is 0 Å². The maximum atomic E-state index is 14.5. The first kappa shape index (κ1) is 22.4. The molecule has 8 nitrogen and oxygen atoms in total. The Balaban J connectivity index is 1.87. The maximum Gasteiger partial charge on any atom is 0.271 e. The van der Waals surface area contributed by atoms with Crippen LogP contribution in [0.3, 0.4) is 0 Å². The quantitative estimate of drug-likeness (QED) is 0.335. The number of nitrogens with one attached hydrogen (secondary N) is 3. The summed E-state index contributed by atoms with van der Waals surface area (Å²) in [5.41, 5.74) is 1.14. The lowest BCUT2D eigenvalue weighted by Crippen LogP contribution is -2.47. The van der Waals surface area contributed by atoms with Crippen LogP contribution in [0.2, 0.25) is 5.02 Å². The standard InChI is InChI=1S/C18H16ClF4N7O/c19-10-7-25-17(26-8-10)27-9-13-18(22,23)3-6-30(13)16(31)11-1-2-12(20)14(21)15(11)29-28-5-4-24/h1-2,4-5,7-8,13,24,29H,3,6,9H2,(H,25,26,27)/b24-4?,28-5-. The third-order valence-electron chi connectivity index (χ3n) is 4.54. The number of hydrazone groups is 1. The number of likely N-dealkylation sites (tertiary alicyclic amines) is 1. The number of aromatic nitrogens is 2. The second kappa shape index (κ2) is 9.25. The number of alkyl halides is 2. The Bertz CT molecular complexity index is 1000. The molecule has 1 fully saturated rings. The molecule has 13 heteroatoms. The van der Waals surface area contributed by atoms with Gasteiger partial charge in [-0.2, -0.15) is 5.10 Å². The van der Waals surface area contributed by atoms with Crippen molar-refractivity contribution < 1.29 is 22.4 Å². The average Bonchev–Trinajstić information content (AvgIpc) is 3.04. The highest BCUT2D eigenvalue weighted by Crippen LogP contribution is 2.36. The van der Waals surface area contributed by atoms with E-state index in [0.29, 0.717) is 0 Å². The molecule has 3 rings (SSSR count). The first-order valence-corrected chi connectivity index (χ1v) is 9.28. The van der Waals surface area contributed by atoms with Crippen molar-refractivity contribution in [2.45, 2.75) is 18.4 Å².